The first kappa shape index (κ1) is 15.9. The van der Waals surface area contributed by atoms with Crippen LogP contribution in [0.5, 0.6) is 0 Å². The van der Waals surface area contributed by atoms with Crippen molar-refractivity contribution in [3.05, 3.63) is 29.3 Å². The highest BCUT2D eigenvalue weighted by atomic mass is 32.2. The molecule has 7 heteroatoms. The van der Waals surface area contributed by atoms with E-state index in [1.165, 1.54) is 31.0 Å². The standard InChI is InChI=1S/C14H20N2O4S/c1-10-3-4-11(14(17)18)9-13(10)21(19,20)15-7-8-16(2)12-5-6-12/h3-4,9,12,15H,5-8H2,1-2H3,(H,17,18). The molecule has 0 amide bonds. The minimum atomic E-state index is -3.69. The van der Waals surface area contributed by atoms with Crippen LogP contribution in [-0.4, -0.2) is 50.6 Å². The molecule has 116 valence electrons. The Morgan fingerprint density at radius 2 is 2.10 bits per heavy atom. The zero-order valence-electron chi connectivity index (χ0n) is 12.2. The first-order valence-electron chi connectivity index (χ1n) is 6.85. The Kier molecular flexibility index (Phi) is 4.65. The van der Waals surface area contributed by atoms with E-state index in [0.29, 0.717) is 24.7 Å². The van der Waals surface area contributed by atoms with Gasteiger partial charge in [-0.2, -0.15) is 0 Å². The quantitative estimate of drug-likeness (QED) is 0.786. The number of aryl methyl sites for hydroxylation is 1. The second-order valence-electron chi connectivity index (χ2n) is 5.39. The molecule has 21 heavy (non-hydrogen) atoms. The predicted molar refractivity (Wildman–Crippen MR) is 79.0 cm³/mol. The van der Waals surface area contributed by atoms with Crippen molar-refractivity contribution in [1.82, 2.24) is 9.62 Å². The van der Waals surface area contributed by atoms with Gasteiger partial charge in [-0.1, -0.05) is 6.07 Å². The molecular weight excluding hydrogens is 292 g/mol. The lowest BCUT2D eigenvalue weighted by molar-refractivity contribution is 0.0696. The van der Waals surface area contributed by atoms with Crippen LogP contribution in [0, 0.1) is 6.92 Å². The Morgan fingerprint density at radius 1 is 1.43 bits per heavy atom. The molecule has 0 unspecified atom stereocenters. The largest absolute Gasteiger partial charge is 0.478 e. The van der Waals surface area contributed by atoms with Crippen LogP contribution in [0.1, 0.15) is 28.8 Å². The second kappa shape index (κ2) is 6.13. The topological polar surface area (TPSA) is 86.7 Å². The Balaban J connectivity index is 2.07. The molecule has 1 aromatic carbocycles. The number of likely N-dealkylation sites (N-methyl/N-ethyl adjacent to an activating group) is 1. The third kappa shape index (κ3) is 4.03. The molecule has 0 bridgehead atoms. The van der Waals surface area contributed by atoms with Crippen LogP contribution < -0.4 is 4.72 Å². The van der Waals surface area contributed by atoms with Crippen LogP contribution in [0.3, 0.4) is 0 Å². The summed E-state index contributed by atoms with van der Waals surface area (Å²) in [5.74, 6) is -1.14. The summed E-state index contributed by atoms with van der Waals surface area (Å²) < 4.78 is 27.1. The van der Waals surface area contributed by atoms with E-state index in [1.807, 2.05) is 7.05 Å². The van der Waals surface area contributed by atoms with Crippen LogP contribution in [0.25, 0.3) is 0 Å². The summed E-state index contributed by atoms with van der Waals surface area (Å²) in [7, 11) is -1.71. The van der Waals surface area contributed by atoms with E-state index in [2.05, 4.69) is 9.62 Å². The molecule has 0 heterocycles. The Labute approximate surface area is 124 Å². The molecule has 6 nitrogen and oxygen atoms in total. The van der Waals surface area contributed by atoms with Crippen molar-refractivity contribution in [2.24, 2.45) is 0 Å². The fourth-order valence-electron chi connectivity index (χ4n) is 2.15. The average Bonchev–Trinajstić information content (AvgIpc) is 3.22. The normalized spacial score (nSPS) is 15.4. The van der Waals surface area contributed by atoms with Gasteiger partial charge in [-0.05, 0) is 44.5 Å². The van der Waals surface area contributed by atoms with Crippen LogP contribution in [-0.2, 0) is 10.0 Å². The zero-order chi connectivity index (χ0) is 15.6. The highest BCUT2D eigenvalue weighted by Crippen LogP contribution is 2.24. The lowest BCUT2D eigenvalue weighted by atomic mass is 10.1. The van der Waals surface area contributed by atoms with Gasteiger partial charge < -0.3 is 10.0 Å². The molecule has 2 N–H and O–H groups in total. The molecule has 0 radical (unpaired) electrons. The van der Waals surface area contributed by atoms with Crippen molar-refractivity contribution in [3.8, 4) is 0 Å². The number of nitrogens with zero attached hydrogens (tertiary/aromatic N) is 1. The van der Waals surface area contributed by atoms with E-state index >= 15 is 0 Å². The van der Waals surface area contributed by atoms with Crippen LogP contribution in [0.2, 0.25) is 0 Å². The van der Waals surface area contributed by atoms with Gasteiger partial charge in [0.05, 0.1) is 10.5 Å². The minimum absolute atomic E-state index is 0.0245. The maximum atomic E-state index is 12.3. The smallest absolute Gasteiger partial charge is 0.335 e. The van der Waals surface area contributed by atoms with Gasteiger partial charge in [-0.15, -0.1) is 0 Å². The van der Waals surface area contributed by atoms with Gasteiger partial charge in [0.25, 0.3) is 0 Å². The van der Waals surface area contributed by atoms with Gasteiger partial charge in [0.1, 0.15) is 0 Å². The fourth-order valence-corrected chi connectivity index (χ4v) is 3.44. The van der Waals surface area contributed by atoms with Crippen molar-refractivity contribution >= 4 is 16.0 Å². The molecule has 0 spiro atoms. The van der Waals surface area contributed by atoms with Gasteiger partial charge in [0, 0.05) is 19.1 Å². The number of rotatable bonds is 7. The zero-order valence-corrected chi connectivity index (χ0v) is 13.0. The Bertz CT molecular complexity index is 638. The van der Waals surface area contributed by atoms with E-state index in [9.17, 15) is 13.2 Å². The average molecular weight is 312 g/mol. The van der Waals surface area contributed by atoms with Gasteiger partial charge in [-0.3, -0.25) is 0 Å². The molecule has 0 aromatic heterocycles. The van der Waals surface area contributed by atoms with Crippen LogP contribution in [0.4, 0.5) is 0 Å². The number of hydrogen-bond donors (Lipinski definition) is 2. The third-order valence-corrected chi connectivity index (χ3v) is 5.25. The summed E-state index contributed by atoms with van der Waals surface area (Å²) in [6.45, 7) is 2.60. The molecule has 1 fully saturated rings. The fraction of sp³-hybridized carbons (Fsp3) is 0.500. The minimum Gasteiger partial charge on any atom is -0.478 e. The number of hydrogen-bond acceptors (Lipinski definition) is 4. The summed E-state index contributed by atoms with van der Waals surface area (Å²) in [6.07, 6.45) is 2.34. The molecule has 2 rings (SSSR count). The van der Waals surface area contributed by atoms with Gasteiger partial charge in [-0.25, -0.2) is 17.9 Å². The van der Waals surface area contributed by atoms with Crippen molar-refractivity contribution in [3.63, 3.8) is 0 Å². The summed E-state index contributed by atoms with van der Waals surface area (Å²) in [5, 5.41) is 8.96. The van der Waals surface area contributed by atoms with Crippen LogP contribution >= 0.6 is 0 Å². The number of nitrogens with one attached hydrogen (secondary N) is 1. The first-order valence-corrected chi connectivity index (χ1v) is 8.33. The maximum Gasteiger partial charge on any atom is 0.335 e. The SMILES string of the molecule is Cc1ccc(C(=O)O)cc1S(=O)(=O)NCCN(C)C1CC1. The van der Waals surface area contributed by atoms with Crippen molar-refractivity contribution in [2.45, 2.75) is 30.7 Å². The third-order valence-electron chi connectivity index (χ3n) is 3.65. The molecule has 1 aromatic rings. The monoisotopic (exact) mass is 312 g/mol. The number of carboxylic acids is 1. The maximum absolute atomic E-state index is 12.3. The highest BCUT2D eigenvalue weighted by molar-refractivity contribution is 7.89. The van der Waals surface area contributed by atoms with E-state index in [4.69, 9.17) is 5.11 Å². The number of carbonyl (C=O) groups is 1. The van der Waals surface area contributed by atoms with E-state index in [1.54, 1.807) is 6.92 Å². The number of sulfonamides is 1. The number of aromatic carboxylic acids is 1. The predicted octanol–water partition coefficient (Wildman–Crippen LogP) is 1.07. The highest BCUT2D eigenvalue weighted by Gasteiger charge is 2.26. The van der Waals surface area contributed by atoms with Gasteiger partial charge in [0.15, 0.2) is 0 Å². The van der Waals surface area contributed by atoms with E-state index in [-0.39, 0.29) is 10.5 Å². The summed E-state index contributed by atoms with van der Waals surface area (Å²) in [4.78, 5) is 13.1. The number of benzene rings is 1. The second-order valence-corrected chi connectivity index (χ2v) is 7.13. The van der Waals surface area contributed by atoms with Crippen LogP contribution in [0.15, 0.2) is 23.1 Å². The lowest BCUT2D eigenvalue weighted by Gasteiger charge is -2.16. The molecule has 0 aliphatic heterocycles. The molecule has 0 saturated heterocycles. The lowest BCUT2D eigenvalue weighted by Crippen LogP contribution is -2.34. The molecular formula is C14H20N2O4S. The van der Waals surface area contributed by atoms with E-state index < -0.39 is 16.0 Å². The van der Waals surface area contributed by atoms with Gasteiger partial charge >= 0.3 is 5.97 Å². The number of carboxylic acid groups (broad SMARTS) is 1. The summed E-state index contributed by atoms with van der Waals surface area (Å²) in [6, 6.07) is 4.68. The molecule has 1 saturated carbocycles. The summed E-state index contributed by atoms with van der Waals surface area (Å²) in [5.41, 5.74) is 0.499. The molecule has 1 aliphatic rings. The van der Waals surface area contributed by atoms with Crippen molar-refractivity contribution in [2.75, 3.05) is 20.1 Å². The van der Waals surface area contributed by atoms with Crippen molar-refractivity contribution in [1.29, 1.82) is 0 Å². The first-order chi connectivity index (χ1) is 9.81. The summed E-state index contributed by atoms with van der Waals surface area (Å²) >= 11 is 0. The Morgan fingerprint density at radius 3 is 2.67 bits per heavy atom. The molecule has 1 aliphatic carbocycles. The Hall–Kier alpha value is -1.44. The molecule has 0 atom stereocenters. The van der Waals surface area contributed by atoms with Crippen molar-refractivity contribution < 1.29 is 18.3 Å². The van der Waals surface area contributed by atoms with E-state index in [0.717, 1.165) is 0 Å². The van der Waals surface area contributed by atoms with Gasteiger partial charge in [0.2, 0.25) is 10.0 Å².